The lowest BCUT2D eigenvalue weighted by molar-refractivity contribution is 0.634. The van der Waals surface area contributed by atoms with E-state index in [0.29, 0.717) is 5.92 Å². The highest BCUT2D eigenvalue weighted by Crippen LogP contribution is 2.17. The molecule has 1 aromatic heterocycles. The van der Waals surface area contributed by atoms with Gasteiger partial charge in [-0.2, -0.15) is 0 Å². The zero-order valence-electron chi connectivity index (χ0n) is 9.72. The van der Waals surface area contributed by atoms with Crippen molar-refractivity contribution in [3.8, 4) is 11.3 Å². The van der Waals surface area contributed by atoms with Crippen LogP contribution < -0.4 is 0 Å². The van der Waals surface area contributed by atoms with Crippen LogP contribution in [0.15, 0.2) is 42.7 Å². The van der Waals surface area contributed by atoms with E-state index in [9.17, 15) is 0 Å². The number of rotatable bonds is 3. The summed E-state index contributed by atoms with van der Waals surface area (Å²) in [7, 11) is 0. The summed E-state index contributed by atoms with van der Waals surface area (Å²) in [6.07, 6.45) is 2.66. The van der Waals surface area contributed by atoms with E-state index in [4.69, 9.17) is 0 Å². The summed E-state index contributed by atoms with van der Waals surface area (Å²) in [4.78, 5) is 8.60. The van der Waals surface area contributed by atoms with Crippen LogP contribution in [0.4, 0.5) is 0 Å². The maximum Gasteiger partial charge on any atom is 0.116 e. The molecule has 0 spiro atoms. The first-order chi connectivity index (χ1) is 7.75. The van der Waals surface area contributed by atoms with Gasteiger partial charge in [0.1, 0.15) is 6.33 Å². The van der Waals surface area contributed by atoms with Crippen molar-refractivity contribution in [2.75, 3.05) is 0 Å². The minimum atomic E-state index is 0.624. The van der Waals surface area contributed by atoms with Gasteiger partial charge >= 0.3 is 0 Å². The van der Waals surface area contributed by atoms with E-state index in [1.54, 1.807) is 6.33 Å². The van der Waals surface area contributed by atoms with E-state index >= 15 is 0 Å². The third kappa shape index (κ3) is 2.66. The Bertz CT molecular complexity index is 449. The first-order valence-electron chi connectivity index (χ1n) is 5.62. The molecule has 2 heteroatoms. The Labute approximate surface area is 96.4 Å². The van der Waals surface area contributed by atoms with Crippen molar-refractivity contribution in [1.29, 1.82) is 0 Å². The Balaban J connectivity index is 2.29. The normalized spacial score (nSPS) is 10.7. The fourth-order valence-corrected chi connectivity index (χ4v) is 1.69. The molecule has 0 radical (unpaired) electrons. The van der Waals surface area contributed by atoms with Gasteiger partial charge in [-0.3, -0.25) is 0 Å². The Morgan fingerprint density at radius 1 is 1.06 bits per heavy atom. The second kappa shape index (κ2) is 4.88. The molecule has 0 aliphatic carbocycles. The zero-order valence-corrected chi connectivity index (χ0v) is 9.72. The van der Waals surface area contributed by atoms with Gasteiger partial charge in [-0.05, 0) is 18.4 Å². The van der Waals surface area contributed by atoms with Gasteiger partial charge in [0, 0.05) is 11.3 Å². The summed E-state index contributed by atoms with van der Waals surface area (Å²) in [6, 6.07) is 12.3. The van der Waals surface area contributed by atoms with Gasteiger partial charge in [0.05, 0.1) is 5.69 Å². The number of nitrogens with zero attached hydrogens (tertiary/aromatic N) is 2. The number of hydrogen-bond acceptors (Lipinski definition) is 2. The van der Waals surface area contributed by atoms with Crippen LogP contribution in [0.2, 0.25) is 0 Å². The van der Waals surface area contributed by atoms with Crippen LogP contribution in [-0.4, -0.2) is 9.97 Å². The van der Waals surface area contributed by atoms with E-state index < -0.39 is 0 Å². The third-order valence-electron chi connectivity index (χ3n) is 2.41. The average molecular weight is 212 g/mol. The summed E-state index contributed by atoms with van der Waals surface area (Å²) in [5, 5.41) is 0. The van der Waals surface area contributed by atoms with Crippen LogP contribution >= 0.6 is 0 Å². The fraction of sp³-hybridized carbons (Fsp3) is 0.286. The molecule has 0 saturated carbocycles. The Morgan fingerprint density at radius 3 is 2.50 bits per heavy atom. The maximum atomic E-state index is 4.31. The lowest BCUT2D eigenvalue weighted by Crippen LogP contribution is -1.98. The molecule has 0 unspecified atom stereocenters. The molecular formula is C14H16N2. The zero-order chi connectivity index (χ0) is 11.4. The average Bonchev–Trinajstić information content (AvgIpc) is 2.30. The summed E-state index contributed by atoms with van der Waals surface area (Å²) in [6.45, 7) is 4.40. The molecule has 2 nitrogen and oxygen atoms in total. The van der Waals surface area contributed by atoms with Crippen molar-refractivity contribution in [3.63, 3.8) is 0 Å². The summed E-state index contributed by atoms with van der Waals surface area (Å²) < 4.78 is 0. The standard InChI is InChI=1S/C14H16N2/c1-11(2)8-13-9-14(16-10-15-13)12-6-4-3-5-7-12/h3-7,9-11H,8H2,1-2H3. The Kier molecular flexibility index (Phi) is 3.30. The summed E-state index contributed by atoms with van der Waals surface area (Å²) >= 11 is 0. The quantitative estimate of drug-likeness (QED) is 0.779. The van der Waals surface area contributed by atoms with E-state index in [-0.39, 0.29) is 0 Å². The van der Waals surface area contributed by atoms with Gasteiger partial charge in [0.25, 0.3) is 0 Å². The van der Waals surface area contributed by atoms with Crippen molar-refractivity contribution in [3.05, 3.63) is 48.4 Å². The highest BCUT2D eigenvalue weighted by Gasteiger charge is 2.03. The van der Waals surface area contributed by atoms with Gasteiger partial charge in [-0.1, -0.05) is 44.2 Å². The lowest BCUT2D eigenvalue weighted by atomic mass is 10.1. The second-order valence-electron chi connectivity index (χ2n) is 4.36. The van der Waals surface area contributed by atoms with E-state index in [1.165, 1.54) is 0 Å². The summed E-state index contributed by atoms with van der Waals surface area (Å²) in [5.41, 5.74) is 3.27. The maximum absolute atomic E-state index is 4.31. The van der Waals surface area contributed by atoms with Gasteiger partial charge < -0.3 is 0 Å². The molecule has 0 atom stereocenters. The molecule has 0 amide bonds. The predicted molar refractivity (Wildman–Crippen MR) is 66.0 cm³/mol. The first-order valence-corrected chi connectivity index (χ1v) is 5.62. The van der Waals surface area contributed by atoms with Crippen LogP contribution in [0.1, 0.15) is 19.5 Å². The van der Waals surface area contributed by atoms with Crippen LogP contribution in [0.5, 0.6) is 0 Å². The molecule has 0 aliphatic heterocycles. The van der Waals surface area contributed by atoms with E-state index in [2.05, 4.69) is 42.0 Å². The molecule has 0 aliphatic rings. The van der Waals surface area contributed by atoms with Crippen molar-refractivity contribution < 1.29 is 0 Å². The SMILES string of the molecule is CC(C)Cc1cc(-c2ccccc2)ncn1. The van der Waals surface area contributed by atoms with Crippen LogP contribution in [-0.2, 0) is 6.42 Å². The highest BCUT2D eigenvalue weighted by molar-refractivity contribution is 5.58. The third-order valence-corrected chi connectivity index (χ3v) is 2.41. The van der Waals surface area contributed by atoms with E-state index in [0.717, 1.165) is 23.4 Å². The molecule has 0 N–H and O–H groups in total. The topological polar surface area (TPSA) is 25.8 Å². The molecule has 16 heavy (non-hydrogen) atoms. The predicted octanol–water partition coefficient (Wildman–Crippen LogP) is 3.34. The monoisotopic (exact) mass is 212 g/mol. The molecule has 2 aromatic rings. The van der Waals surface area contributed by atoms with Gasteiger partial charge in [-0.25, -0.2) is 9.97 Å². The fourth-order valence-electron chi connectivity index (χ4n) is 1.69. The number of benzene rings is 1. The van der Waals surface area contributed by atoms with Gasteiger partial charge in [0.15, 0.2) is 0 Å². The Morgan fingerprint density at radius 2 is 1.81 bits per heavy atom. The van der Waals surface area contributed by atoms with E-state index in [1.807, 2.05) is 18.2 Å². The number of aromatic nitrogens is 2. The largest absolute Gasteiger partial charge is 0.241 e. The molecule has 0 saturated heterocycles. The molecule has 1 heterocycles. The molecule has 1 aromatic carbocycles. The molecule has 2 rings (SSSR count). The minimum Gasteiger partial charge on any atom is -0.241 e. The van der Waals surface area contributed by atoms with Crippen molar-refractivity contribution in [1.82, 2.24) is 9.97 Å². The number of hydrogen-bond donors (Lipinski definition) is 0. The van der Waals surface area contributed by atoms with Crippen molar-refractivity contribution in [2.24, 2.45) is 5.92 Å². The first kappa shape index (κ1) is 10.8. The second-order valence-corrected chi connectivity index (χ2v) is 4.36. The molecule has 0 bridgehead atoms. The van der Waals surface area contributed by atoms with Crippen LogP contribution in [0.25, 0.3) is 11.3 Å². The Hall–Kier alpha value is -1.70. The summed E-state index contributed by atoms with van der Waals surface area (Å²) in [5.74, 6) is 0.624. The minimum absolute atomic E-state index is 0.624. The van der Waals surface area contributed by atoms with Crippen LogP contribution in [0, 0.1) is 5.92 Å². The van der Waals surface area contributed by atoms with Crippen molar-refractivity contribution >= 4 is 0 Å². The molecule has 0 fully saturated rings. The highest BCUT2D eigenvalue weighted by atomic mass is 14.8. The lowest BCUT2D eigenvalue weighted by Gasteiger charge is -2.05. The van der Waals surface area contributed by atoms with Crippen LogP contribution in [0.3, 0.4) is 0 Å². The molecular weight excluding hydrogens is 196 g/mol. The van der Waals surface area contributed by atoms with Gasteiger partial charge in [0.2, 0.25) is 0 Å². The van der Waals surface area contributed by atoms with Crippen molar-refractivity contribution in [2.45, 2.75) is 20.3 Å². The van der Waals surface area contributed by atoms with Gasteiger partial charge in [-0.15, -0.1) is 0 Å². The molecule has 82 valence electrons. The smallest absolute Gasteiger partial charge is 0.116 e.